The van der Waals surface area contributed by atoms with Crippen molar-refractivity contribution in [1.29, 1.82) is 0 Å². The molecule has 0 saturated heterocycles. The molecule has 0 amide bonds. The summed E-state index contributed by atoms with van der Waals surface area (Å²) in [6, 6.07) is 12.9. The van der Waals surface area contributed by atoms with Crippen LogP contribution in [0.3, 0.4) is 0 Å². The van der Waals surface area contributed by atoms with E-state index in [-0.39, 0.29) is 11.7 Å². The van der Waals surface area contributed by atoms with Crippen LogP contribution in [0.1, 0.15) is 152 Å². The smallest absolute Gasteiger partial charge is 0.200 e. The predicted molar refractivity (Wildman–Crippen MR) is 173 cm³/mol. The van der Waals surface area contributed by atoms with Crippen molar-refractivity contribution in [2.45, 2.75) is 141 Å². The van der Waals surface area contributed by atoms with Crippen LogP contribution in [-0.2, 0) is 6.42 Å². The fourth-order valence-electron chi connectivity index (χ4n) is 7.25. The van der Waals surface area contributed by atoms with E-state index in [1.165, 1.54) is 68.9 Å². The van der Waals surface area contributed by atoms with Crippen LogP contribution in [0.2, 0.25) is 0 Å². The highest BCUT2D eigenvalue weighted by Gasteiger charge is 2.26. The molecule has 0 heterocycles. The van der Waals surface area contributed by atoms with E-state index in [2.05, 4.69) is 50.3 Å². The molecule has 232 valence electrons. The second-order valence-corrected chi connectivity index (χ2v) is 13.2. The van der Waals surface area contributed by atoms with Gasteiger partial charge in [-0.05, 0) is 130 Å². The van der Waals surface area contributed by atoms with Gasteiger partial charge < -0.3 is 4.74 Å². The first-order chi connectivity index (χ1) is 20.6. The zero-order valence-electron chi connectivity index (χ0n) is 26.5. The minimum atomic E-state index is -0.806. The minimum absolute atomic E-state index is 0.0635. The summed E-state index contributed by atoms with van der Waals surface area (Å²) in [5.74, 6) is 0.844. The van der Waals surface area contributed by atoms with Crippen molar-refractivity contribution in [1.82, 2.24) is 0 Å². The number of rotatable bonds is 16. The monoisotopic (exact) mass is 578 g/mol. The van der Waals surface area contributed by atoms with E-state index in [0.717, 1.165) is 69.6 Å². The summed E-state index contributed by atoms with van der Waals surface area (Å²) < 4.78 is 35.2. The Labute approximate surface area is 255 Å². The van der Waals surface area contributed by atoms with Crippen molar-refractivity contribution >= 4 is 0 Å². The van der Waals surface area contributed by atoms with Gasteiger partial charge in [0, 0.05) is 0 Å². The number of unbranched alkanes of at least 4 members (excludes halogenated alkanes) is 5. The number of aryl methyl sites for hydroxylation is 1. The molecule has 0 aromatic heterocycles. The molecule has 1 nitrogen and oxygen atoms in total. The highest BCUT2D eigenvalue weighted by molar-refractivity contribution is 5.33. The van der Waals surface area contributed by atoms with Crippen molar-refractivity contribution in [3.63, 3.8) is 0 Å². The third-order valence-corrected chi connectivity index (χ3v) is 10.1. The lowest BCUT2D eigenvalue weighted by atomic mass is 9.76. The maximum Gasteiger partial charge on any atom is 0.200 e. The Kier molecular flexibility index (Phi) is 13.9. The third-order valence-electron chi connectivity index (χ3n) is 10.1. The summed E-state index contributed by atoms with van der Waals surface area (Å²) in [5, 5.41) is 0. The van der Waals surface area contributed by atoms with Gasteiger partial charge in [0.2, 0.25) is 5.82 Å². The first kappa shape index (κ1) is 32.7. The van der Waals surface area contributed by atoms with Gasteiger partial charge in [0.15, 0.2) is 11.6 Å². The van der Waals surface area contributed by atoms with Crippen LogP contribution in [0.25, 0.3) is 0 Å². The van der Waals surface area contributed by atoms with Gasteiger partial charge in [-0.1, -0.05) is 88.4 Å². The zero-order valence-corrected chi connectivity index (χ0v) is 26.5. The van der Waals surface area contributed by atoms with E-state index >= 15 is 0 Å². The molecule has 0 N–H and O–H groups in total. The zero-order chi connectivity index (χ0) is 29.6. The van der Waals surface area contributed by atoms with Crippen LogP contribution in [0.15, 0.2) is 48.6 Å². The Balaban J connectivity index is 1.12. The number of ether oxygens (including phenoxy) is 1. The van der Waals surface area contributed by atoms with Gasteiger partial charge in [0.05, 0.1) is 6.61 Å². The van der Waals surface area contributed by atoms with Crippen molar-refractivity contribution in [2.24, 2.45) is 11.8 Å². The van der Waals surface area contributed by atoms with Gasteiger partial charge in [-0.2, -0.15) is 4.39 Å². The second kappa shape index (κ2) is 17.8. The van der Waals surface area contributed by atoms with Crippen LogP contribution in [0.5, 0.6) is 5.75 Å². The molecule has 42 heavy (non-hydrogen) atoms. The maximum absolute atomic E-state index is 14.9. The summed E-state index contributed by atoms with van der Waals surface area (Å²) in [4.78, 5) is 0. The van der Waals surface area contributed by atoms with E-state index < -0.39 is 11.6 Å². The molecule has 2 fully saturated rings. The molecule has 2 aromatic carbocycles. The highest BCUT2D eigenvalue weighted by atomic mass is 19.2. The average molecular weight is 579 g/mol. The molecule has 4 rings (SSSR count). The fraction of sp³-hybridized carbons (Fsp3) is 0.641. The van der Waals surface area contributed by atoms with Crippen LogP contribution in [0, 0.1) is 23.5 Å². The van der Waals surface area contributed by atoms with Gasteiger partial charge in [-0.25, -0.2) is 4.39 Å². The molecule has 2 saturated carbocycles. The average Bonchev–Trinajstić information content (AvgIpc) is 3.02. The van der Waals surface area contributed by atoms with Gasteiger partial charge >= 0.3 is 0 Å². The van der Waals surface area contributed by atoms with E-state index in [9.17, 15) is 8.78 Å². The summed E-state index contributed by atoms with van der Waals surface area (Å²) in [5.41, 5.74) is 3.57. The van der Waals surface area contributed by atoms with Gasteiger partial charge in [0.1, 0.15) is 0 Å². The summed E-state index contributed by atoms with van der Waals surface area (Å²) >= 11 is 0. The minimum Gasteiger partial charge on any atom is -0.490 e. The lowest BCUT2D eigenvalue weighted by Gasteiger charge is -2.29. The number of hydrogen-bond donors (Lipinski definition) is 0. The number of allylic oxidation sites excluding steroid dienone is 2. The SMILES string of the molecule is CCCCCCOc1ccc(C2CCC(CCC=CC3CCC(c4ccc(CCCCC)cc4)CC3)CC2)c(F)c1F. The Morgan fingerprint density at radius 1 is 0.714 bits per heavy atom. The highest BCUT2D eigenvalue weighted by Crippen LogP contribution is 2.40. The van der Waals surface area contributed by atoms with Crippen molar-refractivity contribution in [3.8, 4) is 5.75 Å². The molecule has 2 aliphatic carbocycles. The van der Waals surface area contributed by atoms with Crippen LogP contribution < -0.4 is 4.74 Å². The first-order valence-corrected chi connectivity index (χ1v) is 17.4. The molecule has 0 aliphatic heterocycles. The number of benzene rings is 2. The second-order valence-electron chi connectivity index (χ2n) is 13.2. The van der Waals surface area contributed by atoms with Crippen molar-refractivity contribution in [2.75, 3.05) is 6.61 Å². The van der Waals surface area contributed by atoms with E-state index in [4.69, 9.17) is 4.74 Å². The molecule has 0 bridgehead atoms. The topological polar surface area (TPSA) is 9.23 Å². The summed E-state index contributed by atoms with van der Waals surface area (Å²) in [6.45, 7) is 4.87. The summed E-state index contributed by atoms with van der Waals surface area (Å²) in [7, 11) is 0. The first-order valence-electron chi connectivity index (χ1n) is 17.4. The molecule has 0 radical (unpaired) electrons. The Hall–Kier alpha value is -2.16. The molecular weight excluding hydrogens is 522 g/mol. The van der Waals surface area contributed by atoms with Crippen molar-refractivity contribution < 1.29 is 13.5 Å². The van der Waals surface area contributed by atoms with Gasteiger partial charge in [-0.3, -0.25) is 0 Å². The van der Waals surface area contributed by atoms with Crippen LogP contribution in [0.4, 0.5) is 8.78 Å². The Bertz CT molecular complexity index is 1060. The fourth-order valence-corrected chi connectivity index (χ4v) is 7.25. The van der Waals surface area contributed by atoms with Crippen LogP contribution >= 0.6 is 0 Å². The van der Waals surface area contributed by atoms with Crippen LogP contribution in [-0.4, -0.2) is 6.61 Å². The standard InChI is InChI=1S/C39H56F2O/c1-3-5-7-11-29-42-37-28-27-36(38(40)39(37)41)35-25-19-32(20-26-35)14-10-9-13-31-17-23-34(24-18-31)33-21-15-30(16-22-33)12-8-6-4-2/h9,13,15-16,21-22,27-28,31-32,34-35H,3-8,10-12,14,17-20,23-26,29H2,1-2H3. The van der Waals surface area contributed by atoms with Gasteiger partial charge in [0.25, 0.3) is 0 Å². The molecule has 2 aromatic rings. The van der Waals surface area contributed by atoms with Gasteiger partial charge in [-0.15, -0.1) is 0 Å². The molecule has 0 spiro atoms. The largest absolute Gasteiger partial charge is 0.490 e. The maximum atomic E-state index is 14.9. The predicted octanol–water partition coefficient (Wildman–Crippen LogP) is 12.2. The summed E-state index contributed by atoms with van der Waals surface area (Å²) in [6.07, 6.45) is 26.0. The normalized spacial score (nSPS) is 23.0. The Morgan fingerprint density at radius 3 is 2.12 bits per heavy atom. The van der Waals surface area contributed by atoms with E-state index in [1.54, 1.807) is 12.1 Å². The number of hydrogen-bond acceptors (Lipinski definition) is 1. The molecule has 3 heteroatoms. The molecular formula is C39H56F2O. The van der Waals surface area contributed by atoms with Crippen molar-refractivity contribution in [3.05, 3.63) is 76.9 Å². The lowest BCUT2D eigenvalue weighted by molar-refractivity contribution is 0.280. The third kappa shape index (κ3) is 9.95. The Morgan fingerprint density at radius 2 is 1.40 bits per heavy atom. The quantitative estimate of drug-likeness (QED) is 0.142. The number of halogens is 2. The molecule has 0 atom stereocenters. The molecule has 2 aliphatic rings. The van der Waals surface area contributed by atoms with E-state index in [0.29, 0.717) is 18.1 Å². The molecule has 0 unspecified atom stereocenters. The van der Waals surface area contributed by atoms with E-state index in [1.807, 2.05) is 0 Å². The lowest BCUT2D eigenvalue weighted by Crippen LogP contribution is -2.15.